The summed E-state index contributed by atoms with van der Waals surface area (Å²) in [6, 6.07) is 10.7. The van der Waals surface area contributed by atoms with Gasteiger partial charge in [-0.1, -0.05) is 41.9 Å². The number of benzene rings is 2. The Morgan fingerprint density at radius 3 is 2.73 bits per heavy atom. The zero-order chi connectivity index (χ0) is 26.3. The van der Waals surface area contributed by atoms with Gasteiger partial charge in [0.05, 0.1) is 32.5 Å². The molecule has 2 aromatic heterocycles. The average molecular weight is 575 g/mol. The molecule has 0 bridgehead atoms. The first-order valence-electron chi connectivity index (χ1n) is 11.4. The van der Waals surface area contributed by atoms with Crippen LogP contribution in [-0.2, 0) is 17.6 Å². The van der Waals surface area contributed by atoms with E-state index < -0.39 is 10.8 Å². The third-order valence-corrected chi connectivity index (χ3v) is 8.80. The Bertz CT molecular complexity index is 1600. The van der Waals surface area contributed by atoms with Crippen molar-refractivity contribution in [1.82, 2.24) is 9.55 Å². The van der Waals surface area contributed by atoms with Crippen LogP contribution >= 0.6 is 46.3 Å². The van der Waals surface area contributed by atoms with Gasteiger partial charge in [0.25, 0.3) is 11.2 Å². The second-order valence-electron chi connectivity index (χ2n) is 8.80. The van der Waals surface area contributed by atoms with Crippen LogP contribution < -0.4 is 10.9 Å². The van der Waals surface area contributed by atoms with Crippen molar-refractivity contribution in [3.8, 4) is 5.69 Å². The topological polar surface area (TPSA) is 107 Å². The molecule has 0 spiro atoms. The summed E-state index contributed by atoms with van der Waals surface area (Å²) in [5, 5.41) is 15.2. The lowest BCUT2D eigenvalue weighted by Gasteiger charge is -2.18. The number of halogens is 2. The van der Waals surface area contributed by atoms with Crippen LogP contribution in [-0.4, -0.2) is 26.1 Å². The summed E-state index contributed by atoms with van der Waals surface area (Å²) in [6.07, 6.45) is 2.80. The maximum atomic E-state index is 13.8. The van der Waals surface area contributed by atoms with Crippen molar-refractivity contribution in [2.24, 2.45) is 5.92 Å². The van der Waals surface area contributed by atoms with E-state index in [9.17, 15) is 19.7 Å². The van der Waals surface area contributed by atoms with Gasteiger partial charge in [0, 0.05) is 22.0 Å². The molecular weight excluding hydrogens is 555 g/mol. The van der Waals surface area contributed by atoms with Gasteiger partial charge < -0.3 is 5.32 Å². The Morgan fingerprint density at radius 1 is 1.27 bits per heavy atom. The fourth-order valence-electron chi connectivity index (χ4n) is 4.32. The first kappa shape index (κ1) is 25.7. The van der Waals surface area contributed by atoms with Crippen LogP contribution in [0.1, 0.15) is 23.8 Å². The molecule has 12 heteroatoms. The number of thioether (sulfide) groups is 1. The van der Waals surface area contributed by atoms with Crippen molar-refractivity contribution in [2.45, 2.75) is 31.3 Å². The number of nitro benzene ring substituents is 1. The van der Waals surface area contributed by atoms with E-state index in [2.05, 4.69) is 12.2 Å². The van der Waals surface area contributed by atoms with Gasteiger partial charge in [0.1, 0.15) is 4.83 Å². The lowest BCUT2D eigenvalue weighted by atomic mass is 9.89. The number of rotatable bonds is 6. The number of nitrogens with one attached hydrogen (secondary N) is 1. The molecule has 0 saturated carbocycles. The molecule has 0 radical (unpaired) electrons. The smallest absolute Gasteiger partial charge is 0.271 e. The molecule has 1 amide bonds. The summed E-state index contributed by atoms with van der Waals surface area (Å²) >= 11 is 14.9. The molecule has 0 saturated heterocycles. The zero-order valence-electron chi connectivity index (χ0n) is 19.5. The Kier molecular flexibility index (Phi) is 7.26. The highest BCUT2D eigenvalue weighted by Gasteiger charge is 2.25. The minimum Gasteiger partial charge on any atom is -0.324 e. The second-order valence-corrected chi connectivity index (χ2v) is 11.7. The maximum Gasteiger partial charge on any atom is 0.271 e. The van der Waals surface area contributed by atoms with Crippen molar-refractivity contribution in [3.05, 3.63) is 83.4 Å². The number of hydrogen-bond donors (Lipinski definition) is 1. The first-order valence-corrected chi connectivity index (χ1v) is 14.0. The molecule has 8 nitrogen and oxygen atoms in total. The minimum absolute atomic E-state index is 0.0546. The van der Waals surface area contributed by atoms with E-state index in [4.69, 9.17) is 28.2 Å². The molecule has 1 N–H and O–H groups in total. The third-order valence-electron chi connectivity index (χ3n) is 6.15. The summed E-state index contributed by atoms with van der Waals surface area (Å²) in [7, 11) is 0. The molecule has 1 atom stereocenters. The summed E-state index contributed by atoms with van der Waals surface area (Å²) in [5.74, 6) is 0.112. The fraction of sp³-hybridized carbons (Fsp3) is 0.240. The van der Waals surface area contributed by atoms with E-state index in [1.807, 2.05) is 0 Å². The molecule has 5 rings (SSSR count). The van der Waals surface area contributed by atoms with Gasteiger partial charge >= 0.3 is 0 Å². The summed E-state index contributed by atoms with van der Waals surface area (Å²) < 4.78 is 1.53. The lowest BCUT2D eigenvalue weighted by Crippen LogP contribution is -2.23. The van der Waals surface area contributed by atoms with Gasteiger partial charge in [0.15, 0.2) is 5.16 Å². The van der Waals surface area contributed by atoms with Crippen LogP contribution in [0, 0.1) is 16.0 Å². The van der Waals surface area contributed by atoms with Crippen LogP contribution in [0.25, 0.3) is 15.9 Å². The van der Waals surface area contributed by atoms with E-state index >= 15 is 0 Å². The number of carbonyl (C=O) groups excluding carboxylic acids is 1. The van der Waals surface area contributed by atoms with Crippen LogP contribution in [0.2, 0.25) is 10.0 Å². The van der Waals surface area contributed by atoms with Gasteiger partial charge in [-0.2, -0.15) is 0 Å². The number of amides is 1. The molecule has 37 heavy (non-hydrogen) atoms. The summed E-state index contributed by atoms with van der Waals surface area (Å²) in [4.78, 5) is 43.6. The highest BCUT2D eigenvalue weighted by molar-refractivity contribution is 7.99. The molecule has 1 aliphatic rings. The Morgan fingerprint density at radius 2 is 2.03 bits per heavy atom. The van der Waals surface area contributed by atoms with E-state index in [1.165, 1.54) is 27.6 Å². The van der Waals surface area contributed by atoms with Crippen molar-refractivity contribution < 1.29 is 9.72 Å². The van der Waals surface area contributed by atoms with E-state index in [0.29, 0.717) is 32.0 Å². The standard InChI is InChI=1S/C25H20Cl2N4O4S2/c1-13-2-8-17-20(10-13)37-23-22(17)24(33)30(15-5-3-14(26)4-6-15)25(29-23)36-12-21(32)28-19-9-7-16(31(34)35)11-18(19)27/h3-7,9,11,13H,2,8,10,12H2,1H3,(H,28,32)/t13-/m0/s1. The van der Waals surface area contributed by atoms with Crippen molar-refractivity contribution >= 4 is 73.8 Å². The largest absolute Gasteiger partial charge is 0.324 e. The molecular formula is C25H20Cl2N4O4S2. The molecule has 2 heterocycles. The zero-order valence-corrected chi connectivity index (χ0v) is 22.6. The number of non-ortho nitro benzene ring substituents is 1. The molecule has 0 aliphatic heterocycles. The monoisotopic (exact) mass is 574 g/mol. The lowest BCUT2D eigenvalue weighted by molar-refractivity contribution is -0.384. The number of fused-ring (bicyclic) bond motifs is 3. The number of thiophene rings is 1. The third kappa shape index (κ3) is 5.24. The quantitative estimate of drug-likeness (QED) is 0.121. The van der Waals surface area contributed by atoms with Gasteiger partial charge in [-0.05, 0) is 61.1 Å². The fourth-order valence-corrected chi connectivity index (χ4v) is 6.91. The van der Waals surface area contributed by atoms with Crippen LogP contribution in [0.3, 0.4) is 0 Å². The van der Waals surface area contributed by atoms with Crippen molar-refractivity contribution in [3.63, 3.8) is 0 Å². The highest BCUT2D eigenvalue weighted by Crippen LogP contribution is 2.37. The molecule has 4 aromatic rings. The maximum absolute atomic E-state index is 13.8. The normalized spacial score (nSPS) is 14.9. The van der Waals surface area contributed by atoms with E-state index in [1.54, 1.807) is 35.6 Å². The molecule has 190 valence electrons. The molecule has 0 fully saturated rings. The number of nitrogens with zero attached hydrogens (tertiary/aromatic N) is 3. The Balaban J connectivity index is 1.48. The van der Waals surface area contributed by atoms with Crippen molar-refractivity contribution in [2.75, 3.05) is 11.1 Å². The van der Waals surface area contributed by atoms with Gasteiger partial charge in [-0.15, -0.1) is 11.3 Å². The second kappa shape index (κ2) is 10.4. The van der Waals surface area contributed by atoms with Crippen molar-refractivity contribution in [1.29, 1.82) is 0 Å². The van der Waals surface area contributed by atoms with Crippen LogP contribution in [0.5, 0.6) is 0 Å². The molecule has 1 aliphatic carbocycles. The molecule has 2 aromatic carbocycles. The number of anilines is 1. The predicted octanol–water partition coefficient (Wildman–Crippen LogP) is 6.52. The highest BCUT2D eigenvalue weighted by atomic mass is 35.5. The van der Waals surface area contributed by atoms with E-state index in [0.717, 1.165) is 36.6 Å². The number of nitro groups is 1. The average Bonchev–Trinajstić information content (AvgIpc) is 3.22. The molecule has 0 unspecified atom stereocenters. The van der Waals surface area contributed by atoms with Crippen LogP contribution in [0.15, 0.2) is 52.4 Å². The predicted molar refractivity (Wildman–Crippen MR) is 149 cm³/mol. The number of hydrogen-bond acceptors (Lipinski definition) is 7. The Labute approximate surface area is 229 Å². The summed E-state index contributed by atoms with van der Waals surface area (Å²) in [5.41, 5.74) is 1.61. The van der Waals surface area contributed by atoms with Gasteiger partial charge in [-0.3, -0.25) is 24.3 Å². The SMILES string of the molecule is C[C@H]1CCc2c(sc3nc(SCC(=O)Nc4ccc([N+](=O)[O-])cc4Cl)n(-c4ccc(Cl)cc4)c(=O)c23)C1. The van der Waals surface area contributed by atoms with Crippen LogP contribution in [0.4, 0.5) is 11.4 Å². The van der Waals surface area contributed by atoms with E-state index in [-0.39, 0.29) is 27.7 Å². The van der Waals surface area contributed by atoms with Gasteiger partial charge in [0.2, 0.25) is 5.91 Å². The Hall–Kier alpha value is -2.92. The first-order chi connectivity index (χ1) is 17.7. The number of aromatic nitrogens is 2. The van der Waals surface area contributed by atoms with Gasteiger partial charge in [-0.25, -0.2) is 4.98 Å². The number of aryl methyl sites for hydroxylation is 1. The minimum atomic E-state index is -0.561. The number of carbonyl (C=O) groups is 1. The summed E-state index contributed by atoms with van der Waals surface area (Å²) in [6.45, 7) is 2.21.